The van der Waals surface area contributed by atoms with Gasteiger partial charge in [-0.25, -0.2) is 5.48 Å². The molecule has 5 heteroatoms. The Hall–Kier alpha value is -2.37. The lowest BCUT2D eigenvalue weighted by Gasteiger charge is -2.07. The molecule has 0 aliphatic carbocycles. The minimum atomic E-state index is -0.304. The molecule has 0 heterocycles. The third-order valence-electron chi connectivity index (χ3n) is 2.50. The Morgan fingerprint density at radius 2 is 1.74 bits per heavy atom. The molecule has 0 atom stereocenters. The van der Waals surface area contributed by atoms with Gasteiger partial charge < -0.3 is 10.0 Å². The van der Waals surface area contributed by atoms with Gasteiger partial charge in [0.05, 0.1) is 0 Å². The molecular weight excluding hydrogens is 244 g/mol. The van der Waals surface area contributed by atoms with Crippen molar-refractivity contribution in [1.82, 2.24) is 11.0 Å². The highest BCUT2D eigenvalue weighted by Gasteiger charge is 2.04. The third-order valence-corrected chi connectivity index (χ3v) is 2.50. The van der Waals surface area contributed by atoms with Gasteiger partial charge in [0, 0.05) is 12.1 Å². The van der Waals surface area contributed by atoms with E-state index in [4.69, 9.17) is 10.0 Å². The van der Waals surface area contributed by atoms with Crippen LogP contribution in [-0.4, -0.2) is 11.1 Å². The highest BCUT2D eigenvalue weighted by molar-refractivity contribution is 5.93. The summed E-state index contributed by atoms with van der Waals surface area (Å²) in [6.45, 7) is 0.358. The highest BCUT2D eigenvalue weighted by Crippen LogP contribution is 2.11. The van der Waals surface area contributed by atoms with Crippen molar-refractivity contribution in [3.8, 4) is 5.75 Å². The standard InChI is InChI=1S/C14H14N2O3/c17-14(12-4-2-1-3-5-12)16-19-13-8-6-11(7-9-13)10-15-18/h1-9,15,18H,10H2,(H,16,17). The Balaban J connectivity index is 1.90. The molecule has 0 aromatic heterocycles. The Kier molecular flexibility index (Phi) is 4.49. The van der Waals surface area contributed by atoms with Crippen LogP contribution in [0.3, 0.4) is 0 Å². The quantitative estimate of drug-likeness (QED) is 0.716. The summed E-state index contributed by atoms with van der Waals surface area (Å²) in [5.74, 6) is 0.215. The Morgan fingerprint density at radius 1 is 1.05 bits per heavy atom. The van der Waals surface area contributed by atoms with Crippen LogP contribution in [0, 0.1) is 0 Å². The topological polar surface area (TPSA) is 70.6 Å². The Bertz CT molecular complexity index is 526. The number of amides is 1. The average Bonchev–Trinajstić information content (AvgIpc) is 2.47. The number of benzene rings is 2. The molecule has 0 aliphatic rings. The molecule has 98 valence electrons. The zero-order valence-electron chi connectivity index (χ0n) is 10.2. The lowest BCUT2D eigenvalue weighted by molar-refractivity contribution is 0.0760. The van der Waals surface area contributed by atoms with Crippen molar-refractivity contribution in [2.45, 2.75) is 6.54 Å². The summed E-state index contributed by atoms with van der Waals surface area (Å²) in [6, 6.07) is 15.8. The van der Waals surface area contributed by atoms with Gasteiger partial charge in [-0.15, -0.1) is 0 Å². The normalized spacial score (nSPS) is 9.95. The minimum Gasteiger partial charge on any atom is -0.379 e. The number of nitrogens with one attached hydrogen (secondary N) is 2. The van der Waals surface area contributed by atoms with E-state index in [0.29, 0.717) is 17.9 Å². The summed E-state index contributed by atoms with van der Waals surface area (Å²) in [5, 5.41) is 8.55. The maximum atomic E-state index is 11.7. The van der Waals surface area contributed by atoms with Crippen LogP contribution in [0.15, 0.2) is 54.6 Å². The van der Waals surface area contributed by atoms with Crippen molar-refractivity contribution in [1.29, 1.82) is 0 Å². The van der Waals surface area contributed by atoms with Gasteiger partial charge in [-0.2, -0.15) is 5.48 Å². The van der Waals surface area contributed by atoms with Gasteiger partial charge in [0.2, 0.25) is 0 Å². The van der Waals surface area contributed by atoms with Crippen molar-refractivity contribution in [3.05, 3.63) is 65.7 Å². The van der Waals surface area contributed by atoms with Crippen molar-refractivity contribution < 1.29 is 14.8 Å². The zero-order chi connectivity index (χ0) is 13.5. The Morgan fingerprint density at radius 3 is 2.37 bits per heavy atom. The maximum absolute atomic E-state index is 11.7. The predicted molar refractivity (Wildman–Crippen MR) is 69.6 cm³/mol. The number of hydrogen-bond donors (Lipinski definition) is 3. The first kappa shape index (κ1) is 13.1. The molecule has 0 saturated carbocycles. The first-order chi connectivity index (χ1) is 9.29. The predicted octanol–water partition coefficient (Wildman–Crippen LogP) is 1.89. The molecule has 0 aliphatic heterocycles. The second-order valence-corrected chi connectivity index (χ2v) is 3.88. The highest BCUT2D eigenvalue weighted by atomic mass is 16.7. The molecule has 19 heavy (non-hydrogen) atoms. The molecule has 2 aromatic carbocycles. The lowest BCUT2D eigenvalue weighted by Crippen LogP contribution is -2.26. The molecule has 2 rings (SSSR count). The summed E-state index contributed by atoms with van der Waals surface area (Å²) < 4.78 is 0. The van der Waals surface area contributed by atoms with Crippen molar-refractivity contribution in [2.24, 2.45) is 0 Å². The van der Waals surface area contributed by atoms with E-state index in [1.807, 2.05) is 6.07 Å². The van der Waals surface area contributed by atoms with Gasteiger partial charge >= 0.3 is 0 Å². The number of hydrogen-bond acceptors (Lipinski definition) is 4. The van der Waals surface area contributed by atoms with E-state index in [-0.39, 0.29) is 5.91 Å². The van der Waals surface area contributed by atoms with Gasteiger partial charge in [0.1, 0.15) is 0 Å². The number of hydroxylamine groups is 2. The molecule has 0 spiro atoms. The van der Waals surface area contributed by atoms with Crippen LogP contribution in [0.25, 0.3) is 0 Å². The van der Waals surface area contributed by atoms with Crippen LogP contribution in [0.5, 0.6) is 5.75 Å². The summed E-state index contributed by atoms with van der Waals surface area (Å²) in [6.07, 6.45) is 0. The van der Waals surface area contributed by atoms with Gasteiger partial charge in [-0.05, 0) is 29.8 Å². The molecule has 0 bridgehead atoms. The van der Waals surface area contributed by atoms with Gasteiger partial charge in [0.15, 0.2) is 5.75 Å². The van der Waals surface area contributed by atoms with E-state index in [2.05, 4.69) is 11.0 Å². The number of carbonyl (C=O) groups is 1. The molecule has 2 aromatic rings. The molecule has 0 saturated heterocycles. The summed E-state index contributed by atoms with van der Waals surface area (Å²) in [5.41, 5.74) is 5.87. The second kappa shape index (κ2) is 6.53. The van der Waals surface area contributed by atoms with E-state index in [0.717, 1.165) is 5.56 Å². The monoisotopic (exact) mass is 258 g/mol. The molecule has 1 amide bonds. The molecule has 0 fully saturated rings. The van der Waals surface area contributed by atoms with E-state index >= 15 is 0 Å². The van der Waals surface area contributed by atoms with Crippen LogP contribution >= 0.6 is 0 Å². The van der Waals surface area contributed by atoms with Gasteiger partial charge in [0.25, 0.3) is 5.91 Å². The largest absolute Gasteiger partial charge is 0.379 e. The first-order valence-electron chi connectivity index (χ1n) is 5.78. The van der Waals surface area contributed by atoms with Gasteiger partial charge in [-0.3, -0.25) is 4.79 Å². The number of carbonyl (C=O) groups excluding carboxylic acids is 1. The van der Waals surface area contributed by atoms with Gasteiger partial charge in [-0.1, -0.05) is 30.3 Å². The molecule has 5 nitrogen and oxygen atoms in total. The molecule has 0 unspecified atom stereocenters. The molecule has 0 radical (unpaired) electrons. The van der Waals surface area contributed by atoms with E-state index in [9.17, 15) is 4.79 Å². The summed E-state index contributed by atoms with van der Waals surface area (Å²) in [7, 11) is 0. The lowest BCUT2D eigenvalue weighted by atomic mass is 10.2. The van der Waals surface area contributed by atoms with Crippen LogP contribution in [0.1, 0.15) is 15.9 Å². The van der Waals surface area contributed by atoms with E-state index < -0.39 is 0 Å². The van der Waals surface area contributed by atoms with E-state index in [1.165, 1.54) is 0 Å². The minimum absolute atomic E-state index is 0.304. The fourth-order valence-corrected chi connectivity index (χ4v) is 1.52. The Labute approximate surface area is 110 Å². The fourth-order valence-electron chi connectivity index (χ4n) is 1.52. The average molecular weight is 258 g/mol. The third kappa shape index (κ3) is 3.80. The van der Waals surface area contributed by atoms with Crippen LogP contribution < -0.4 is 15.8 Å². The van der Waals surface area contributed by atoms with Crippen molar-refractivity contribution >= 4 is 5.91 Å². The fraction of sp³-hybridized carbons (Fsp3) is 0.0714. The summed E-state index contributed by atoms with van der Waals surface area (Å²) >= 11 is 0. The molecule has 3 N–H and O–H groups in total. The SMILES string of the molecule is O=C(NOc1ccc(CNO)cc1)c1ccccc1. The summed E-state index contributed by atoms with van der Waals surface area (Å²) in [4.78, 5) is 16.9. The van der Waals surface area contributed by atoms with E-state index in [1.54, 1.807) is 48.5 Å². The number of rotatable bonds is 5. The molecular formula is C14H14N2O3. The zero-order valence-corrected chi connectivity index (χ0v) is 10.2. The van der Waals surface area contributed by atoms with Crippen molar-refractivity contribution in [3.63, 3.8) is 0 Å². The van der Waals surface area contributed by atoms with Crippen LogP contribution in [0.4, 0.5) is 0 Å². The van der Waals surface area contributed by atoms with Crippen LogP contribution in [-0.2, 0) is 6.54 Å². The smallest absolute Gasteiger partial charge is 0.283 e. The first-order valence-corrected chi connectivity index (χ1v) is 5.78. The maximum Gasteiger partial charge on any atom is 0.283 e. The second-order valence-electron chi connectivity index (χ2n) is 3.88. The van der Waals surface area contributed by atoms with Crippen LogP contribution in [0.2, 0.25) is 0 Å². The van der Waals surface area contributed by atoms with Crippen molar-refractivity contribution in [2.75, 3.05) is 0 Å².